The minimum Gasteiger partial charge on any atom is -0.480 e. The first-order valence-electron chi connectivity index (χ1n) is 10.8. The van der Waals surface area contributed by atoms with E-state index in [4.69, 9.17) is 9.47 Å². The van der Waals surface area contributed by atoms with Crippen LogP contribution < -0.4 is 10.6 Å². The van der Waals surface area contributed by atoms with E-state index in [2.05, 4.69) is 22.8 Å². The molecule has 3 N–H and O–H groups in total. The molecular weight excluding hydrogens is 424 g/mol. The van der Waals surface area contributed by atoms with Crippen LogP contribution in [-0.4, -0.2) is 55.5 Å². The van der Waals surface area contributed by atoms with E-state index in [9.17, 15) is 19.5 Å². The van der Waals surface area contributed by atoms with Gasteiger partial charge < -0.3 is 25.2 Å². The number of amides is 2. The molecule has 0 radical (unpaired) electrons. The van der Waals surface area contributed by atoms with E-state index in [0.29, 0.717) is 0 Å². The molecule has 1 aliphatic carbocycles. The van der Waals surface area contributed by atoms with Gasteiger partial charge >= 0.3 is 12.1 Å². The molecule has 0 bridgehead atoms. The van der Waals surface area contributed by atoms with Gasteiger partial charge in [0.05, 0.1) is 11.5 Å². The summed E-state index contributed by atoms with van der Waals surface area (Å²) >= 11 is 0. The van der Waals surface area contributed by atoms with Gasteiger partial charge in [0.1, 0.15) is 6.61 Å². The number of benzene rings is 2. The molecule has 33 heavy (non-hydrogen) atoms. The molecule has 0 heterocycles. The van der Waals surface area contributed by atoms with Gasteiger partial charge in [-0.1, -0.05) is 48.5 Å². The van der Waals surface area contributed by atoms with Gasteiger partial charge in [0.25, 0.3) is 0 Å². The summed E-state index contributed by atoms with van der Waals surface area (Å²) in [6, 6.07) is 14.9. The maximum atomic E-state index is 12.6. The van der Waals surface area contributed by atoms with Gasteiger partial charge in [-0.05, 0) is 43.0 Å². The number of aliphatic carboxylic acids is 1. The first-order chi connectivity index (χ1) is 15.7. The number of hydrogen-bond acceptors (Lipinski definition) is 5. The highest BCUT2D eigenvalue weighted by atomic mass is 16.5. The monoisotopic (exact) mass is 454 g/mol. The summed E-state index contributed by atoms with van der Waals surface area (Å²) < 4.78 is 10.5. The van der Waals surface area contributed by atoms with E-state index < -0.39 is 35.5 Å². The summed E-state index contributed by atoms with van der Waals surface area (Å²) in [6.07, 6.45) is -1.35. The van der Waals surface area contributed by atoms with E-state index in [1.54, 1.807) is 20.8 Å². The Morgan fingerprint density at radius 3 is 2.09 bits per heavy atom. The fourth-order valence-corrected chi connectivity index (χ4v) is 3.88. The maximum Gasteiger partial charge on any atom is 0.407 e. The van der Waals surface area contributed by atoms with E-state index in [-0.39, 0.29) is 19.1 Å². The Balaban J connectivity index is 1.57. The average Bonchev–Trinajstić information content (AvgIpc) is 3.12. The molecule has 0 spiro atoms. The van der Waals surface area contributed by atoms with E-state index in [1.807, 2.05) is 36.4 Å². The Labute approximate surface area is 193 Å². The van der Waals surface area contributed by atoms with Crippen molar-refractivity contribution >= 4 is 18.0 Å². The molecule has 0 aliphatic heterocycles. The Morgan fingerprint density at radius 2 is 1.58 bits per heavy atom. The maximum absolute atomic E-state index is 12.6. The molecule has 2 amide bonds. The number of carbonyl (C=O) groups is 3. The number of rotatable bonds is 9. The highest BCUT2D eigenvalue weighted by Crippen LogP contribution is 2.44. The standard InChI is InChI=1S/C25H30N2O6/c1-15(32-4)21(22(28)29)27-23(30)25(2,3)14-26-24(31)33-13-20-18-11-7-5-9-16(18)17-10-6-8-12-19(17)20/h5-12,15,20-21H,13-14H2,1-4H3,(H,26,31)(H,27,30)(H,28,29). The fourth-order valence-electron chi connectivity index (χ4n) is 3.88. The van der Waals surface area contributed by atoms with Crippen molar-refractivity contribution in [2.24, 2.45) is 5.41 Å². The van der Waals surface area contributed by atoms with Gasteiger partial charge in [-0.25, -0.2) is 9.59 Å². The van der Waals surface area contributed by atoms with Gasteiger partial charge in [-0.3, -0.25) is 4.79 Å². The number of nitrogens with one attached hydrogen (secondary N) is 2. The fraction of sp³-hybridized carbons (Fsp3) is 0.400. The Bertz CT molecular complexity index is 990. The smallest absolute Gasteiger partial charge is 0.407 e. The predicted molar refractivity (Wildman–Crippen MR) is 123 cm³/mol. The van der Waals surface area contributed by atoms with E-state index in [1.165, 1.54) is 7.11 Å². The highest BCUT2D eigenvalue weighted by Gasteiger charge is 2.35. The number of alkyl carbamates (subject to hydrolysis) is 1. The number of ether oxygens (including phenoxy) is 2. The lowest BCUT2D eigenvalue weighted by molar-refractivity contribution is -0.147. The molecule has 2 unspecified atom stereocenters. The van der Waals surface area contributed by atoms with Crippen LogP contribution in [0.15, 0.2) is 48.5 Å². The van der Waals surface area contributed by atoms with Crippen molar-refractivity contribution in [1.29, 1.82) is 0 Å². The molecular formula is C25H30N2O6. The summed E-state index contributed by atoms with van der Waals surface area (Å²) in [4.78, 5) is 36.5. The lowest BCUT2D eigenvalue weighted by Gasteiger charge is -2.28. The van der Waals surface area contributed by atoms with E-state index in [0.717, 1.165) is 22.3 Å². The Kier molecular flexibility index (Phi) is 7.38. The van der Waals surface area contributed by atoms with Gasteiger partial charge in [-0.15, -0.1) is 0 Å². The molecule has 2 atom stereocenters. The van der Waals surface area contributed by atoms with Crippen molar-refractivity contribution in [2.75, 3.05) is 20.3 Å². The molecule has 0 saturated heterocycles. The quantitative estimate of drug-likeness (QED) is 0.536. The summed E-state index contributed by atoms with van der Waals surface area (Å²) in [6.45, 7) is 4.92. The lowest BCUT2D eigenvalue weighted by atomic mass is 9.91. The van der Waals surface area contributed by atoms with Crippen LogP contribution in [0.5, 0.6) is 0 Å². The van der Waals surface area contributed by atoms with Crippen LogP contribution in [-0.2, 0) is 19.1 Å². The molecule has 0 aromatic heterocycles. The van der Waals surface area contributed by atoms with Gasteiger partial charge in [0.15, 0.2) is 6.04 Å². The SMILES string of the molecule is COC(C)C(NC(=O)C(C)(C)CNC(=O)OCC1c2ccccc2-c2ccccc21)C(=O)O. The van der Waals surface area contributed by atoms with Crippen molar-refractivity contribution in [3.63, 3.8) is 0 Å². The van der Waals surface area contributed by atoms with Crippen LogP contribution >= 0.6 is 0 Å². The molecule has 2 aromatic carbocycles. The van der Waals surface area contributed by atoms with Crippen LogP contribution in [0.25, 0.3) is 11.1 Å². The third-order valence-electron chi connectivity index (χ3n) is 6.03. The zero-order chi connectivity index (χ0) is 24.2. The van der Waals surface area contributed by atoms with Crippen LogP contribution in [0, 0.1) is 5.41 Å². The van der Waals surface area contributed by atoms with Gasteiger partial charge in [0.2, 0.25) is 5.91 Å². The van der Waals surface area contributed by atoms with Crippen LogP contribution in [0.1, 0.15) is 37.8 Å². The number of carbonyl (C=O) groups excluding carboxylic acids is 2. The van der Waals surface area contributed by atoms with E-state index >= 15 is 0 Å². The van der Waals surface area contributed by atoms with Gasteiger partial charge in [0, 0.05) is 19.6 Å². The zero-order valence-electron chi connectivity index (χ0n) is 19.3. The first kappa shape index (κ1) is 24.3. The molecule has 8 heteroatoms. The third-order valence-corrected chi connectivity index (χ3v) is 6.03. The second-order valence-electron chi connectivity index (χ2n) is 8.79. The van der Waals surface area contributed by atoms with Crippen molar-refractivity contribution in [3.05, 3.63) is 59.7 Å². The topological polar surface area (TPSA) is 114 Å². The molecule has 0 fully saturated rings. The van der Waals surface area contributed by atoms with Crippen LogP contribution in [0.3, 0.4) is 0 Å². The van der Waals surface area contributed by atoms with Crippen molar-refractivity contribution in [3.8, 4) is 11.1 Å². The summed E-state index contributed by atoms with van der Waals surface area (Å²) in [5.41, 5.74) is 3.43. The van der Waals surface area contributed by atoms with Crippen molar-refractivity contribution in [1.82, 2.24) is 10.6 Å². The molecule has 8 nitrogen and oxygen atoms in total. The highest BCUT2D eigenvalue weighted by molar-refractivity contribution is 5.87. The second-order valence-corrected chi connectivity index (χ2v) is 8.79. The summed E-state index contributed by atoms with van der Waals surface area (Å²) in [5, 5.41) is 14.4. The normalized spacial score (nSPS) is 14.5. The number of methoxy groups -OCH3 is 1. The minimum atomic E-state index is -1.20. The molecule has 3 rings (SSSR count). The summed E-state index contributed by atoms with van der Waals surface area (Å²) in [5.74, 6) is -1.78. The predicted octanol–water partition coefficient (Wildman–Crippen LogP) is 3.16. The second kappa shape index (κ2) is 10.0. The first-order valence-corrected chi connectivity index (χ1v) is 10.8. The average molecular weight is 455 g/mol. The lowest BCUT2D eigenvalue weighted by Crippen LogP contribution is -2.54. The number of hydrogen-bond donors (Lipinski definition) is 3. The zero-order valence-corrected chi connectivity index (χ0v) is 19.3. The van der Waals surface area contributed by atoms with Crippen molar-refractivity contribution < 1.29 is 29.0 Å². The molecule has 2 aromatic rings. The van der Waals surface area contributed by atoms with Gasteiger partial charge in [-0.2, -0.15) is 0 Å². The molecule has 176 valence electrons. The Morgan fingerprint density at radius 1 is 1.03 bits per heavy atom. The van der Waals surface area contributed by atoms with Crippen LogP contribution in [0.4, 0.5) is 4.79 Å². The number of carboxylic acids is 1. The number of carboxylic acid groups (broad SMARTS) is 1. The minimum absolute atomic E-state index is 0.0246. The van der Waals surface area contributed by atoms with Crippen molar-refractivity contribution in [2.45, 2.75) is 38.8 Å². The Hall–Kier alpha value is -3.39. The number of fused-ring (bicyclic) bond motifs is 3. The van der Waals surface area contributed by atoms with Crippen LogP contribution in [0.2, 0.25) is 0 Å². The summed E-state index contributed by atoms with van der Waals surface area (Å²) in [7, 11) is 1.37. The third kappa shape index (κ3) is 5.34. The largest absolute Gasteiger partial charge is 0.480 e. The molecule has 1 aliphatic rings. The molecule has 0 saturated carbocycles.